The van der Waals surface area contributed by atoms with Gasteiger partial charge in [0.1, 0.15) is 5.75 Å². The highest BCUT2D eigenvalue weighted by molar-refractivity contribution is 9.10. The normalized spacial score (nSPS) is 15.0. The van der Waals surface area contributed by atoms with Gasteiger partial charge in [-0.05, 0) is 43.5 Å². The van der Waals surface area contributed by atoms with E-state index in [1.165, 1.54) is 0 Å². The Bertz CT molecular complexity index is 723. The Morgan fingerprint density at radius 1 is 1.17 bits per heavy atom. The van der Waals surface area contributed by atoms with Crippen LogP contribution in [0.5, 0.6) is 5.75 Å². The van der Waals surface area contributed by atoms with Gasteiger partial charge in [0.05, 0.1) is 12.0 Å². The van der Waals surface area contributed by atoms with Gasteiger partial charge in [-0.2, -0.15) is 0 Å². The second-order valence-electron chi connectivity index (χ2n) is 6.29. The highest BCUT2D eigenvalue weighted by Crippen LogP contribution is 2.49. The molecule has 1 saturated carbocycles. The number of carbonyl (C=O) groups excluding carboxylic acids is 1. The third-order valence-electron chi connectivity index (χ3n) is 4.58. The van der Waals surface area contributed by atoms with Crippen LogP contribution in [0, 0.1) is 0 Å². The van der Waals surface area contributed by atoms with E-state index in [2.05, 4.69) is 28.1 Å². The third-order valence-corrected chi connectivity index (χ3v) is 5.11. The summed E-state index contributed by atoms with van der Waals surface area (Å²) >= 11 is 3.46. The van der Waals surface area contributed by atoms with E-state index in [0.717, 1.165) is 34.2 Å². The van der Waals surface area contributed by atoms with Crippen molar-refractivity contribution in [1.29, 1.82) is 0 Å². The molecule has 0 heterocycles. The Morgan fingerprint density at radius 3 is 2.46 bits per heavy atom. The van der Waals surface area contributed by atoms with Crippen LogP contribution in [-0.4, -0.2) is 24.5 Å². The average molecular weight is 388 g/mol. The topological polar surface area (TPSA) is 29.5 Å². The van der Waals surface area contributed by atoms with E-state index in [9.17, 15) is 4.79 Å². The van der Waals surface area contributed by atoms with Gasteiger partial charge in [0.2, 0.25) is 5.91 Å². The van der Waals surface area contributed by atoms with Crippen molar-refractivity contribution in [3.63, 3.8) is 0 Å². The van der Waals surface area contributed by atoms with E-state index in [0.29, 0.717) is 13.2 Å². The Kier molecular flexibility index (Phi) is 4.95. The summed E-state index contributed by atoms with van der Waals surface area (Å²) in [5.41, 5.74) is 1.82. The molecule has 1 aliphatic rings. The van der Waals surface area contributed by atoms with Gasteiger partial charge in [-0.25, -0.2) is 0 Å². The van der Waals surface area contributed by atoms with Crippen molar-refractivity contribution in [3.05, 3.63) is 64.1 Å². The zero-order valence-electron chi connectivity index (χ0n) is 14.1. The molecule has 1 fully saturated rings. The minimum atomic E-state index is -0.337. The molecule has 126 valence electrons. The van der Waals surface area contributed by atoms with Crippen molar-refractivity contribution < 1.29 is 9.53 Å². The van der Waals surface area contributed by atoms with E-state index < -0.39 is 0 Å². The van der Waals surface area contributed by atoms with E-state index in [1.807, 2.05) is 55.3 Å². The summed E-state index contributed by atoms with van der Waals surface area (Å²) < 4.78 is 6.71. The molecule has 1 aliphatic carbocycles. The molecule has 0 aromatic heterocycles. The average Bonchev–Trinajstić information content (AvgIpc) is 3.38. The molecule has 0 spiro atoms. The predicted molar refractivity (Wildman–Crippen MR) is 99.1 cm³/mol. The summed E-state index contributed by atoms with van der Waals surface area (Å²) in [7, 11) is 1.88. The first-order valence-electron chi connectivity index (χ1n) is 8.29. The molecule has 2 aromatic carbocycles. The zero-order chi connectivity index (χ0) is 17.2. The van der Waals surface area contributed by atoms with Crippen LogP contribution in [0.2, 0.25) is 0 Å². The van der Waals surface area contributed by atoms with Crippen molar-refractivity contribution in [1.82, 2.24) is 4.90 Å². The second kappa shape index (κ2) is 6.98. The van der Waals surface area contributed by atoms with Gasteiger partial charge in [0, 0.05) is 23.6 Å². The molecule has 0 aliphatic heterocycles. The smallest absolute Gasteiger partial charge is 0.233 e. The third kappa shape index (κ3) is 3.34. The number of amides is 1. The first kappa shape index (κ1) is 17.0. The number of ether oxygens (including phenoxy) is 1. The number of rotatable bonds is 6. The van der Waals surface area contributed by atoms with Gasteiger partial charge in [-0.3, -0.25) is 4.79 Å². The highest BCUT2D eigenvalue weighted by atomic mass is 79.9. The summed E-state index contributed by atoms with van der Waals surface area (Å²) in [6.07, 6.45) is 1.84. The molecular weight excluding hydrogens is 366 g/mol. The minimum absolute atomic E-state index is 0.191. The minimum Gasteiger partial charge on any atom is -0.494 e. The number of nitrogens with zero attached hydrogens (tertiary/aromatic N) is 1. The lowest BCUT2D eigenvalue weighted by molar-refractivity contribution is -0.133. The maximum Gasteiger partial charge on any atom is 0.233 e. The summed E-state index contributed by atoms with van der Waals surface area (Å²) in [6, 6.07) is 16.0. The maximum atomic E-state index is 13.1. The fourth-order valence-corrected chi connectivity index (χ4v) is 3.41. The number of likely N-dealkylation sites (N-methyl/N-ethyl adjacent to an activating group) is 1. The Hall–Kier alpha value is -1.81. The van der Waals surface area contributed by atoms with Crippen molar-refractivity contribution >= 4 is 21.8 Å². The van der Waals surface area contributed by atoms with Crippen molar-refractivity contribution in [3.8, 4) is 5.75 Å². The molecule has 24 heavy (non-hydrogen) atoms. The van der Waals surface area contributed by atoms with Gasteiger partial charge >= 0.3 is 0 Å². The van der Waals surface area contributed by atoms with Crippen molar-refractivity contribution in [2.45, 2.75) is 31.7 Å². The monoisotopic (exact) mass is 387 g/mol. The fraction of sp³-hybridized carbons (Fsp3) is 0.350. The van der Waals surface area contributed by atoms with Crippen LogP contribution in [0.3, 0.4) is 0 Å². The zero-order valence-corrected chi connectivity index (χ0v) is 15.7. The van der Waals surface area contributed by atoms with Crippen LogP contribution in [-0.2, 0) is 16.8 Å². The SMILES string of the molecule is CCOc1ccccc1CN(C)C(=O)C1(c2ccc(Br)cc2)CC1. The molecule has 1 amide bonds. The lowest BCUT2D eigenvalue weighted by Crippen LogP contribution is -2.36. The van der Waals surface area contributed by atoms with E-state index in [-0.39, 0.29) is 11.3 Å². The number of hydrogen-bond acceptors (Lipinski definition) is 2. The van der Waals surface area contributed by atoms with Crippen molar-refractivity contribution in [2.75, 3.05) is 13.7 Å². The quantitative estimate of drug-likeness (QED) is 0.727. The summed E-state index contributed by atoms with van der Waals surface area (Å²) in [5.74, 6) is 1.05. The number of halogens is 1. The molecule has 0 radical (unpaired) electrons. The van der Waals surface area contributed by atoms with E-state index in [4.69, 9.17) is 4.74 Å². The van der Waals surface area contributed by atoms with Crippen LogP contribution in [0.4, 0.5) is 0 Å². The molecule has 0 bridgehead atoms. The lowest BCUT2D eigenvalue weighted by Gasteiger charge is -2.25. The molecule has 0 saturated heterocycles. The highest BCUT2D eigenvalue weighted by Gasteiger charge is 2.52. The van der Waals surface area contributed by atoms with E-state index >= 15 is 0 Å². The number of carbonyl (C=O) groups is 1. The Morgan fingerprint density at radius 2 is 1.83 bits per heavy atom. The van der Waals surface area contributed by atoms with Crippen LogP contribution in [0.25, 0.3) is 0 Å². The lowest BCUT2D eigenvalue weighted by atomic mass is 9.94. The van der Waals surface area contributed by atoms with Crippen molar-refractivity contribution in [2.24, 2.45) is 0 Å². The van der Waals surface area contributed by atoms with E-state index in [1.54, 1.807) is 0 Å². The molecule has 3 rings (SSSR count). The van der Waals surface area contributed by atoms with Gasteiger partial charge < -0.3 is 9.64 Å². The molecular formula is C20H22BrNO2. The van der Waals surface area contributed by atoms with Crippen LogP contribution in [0.1, 0.15) is 30.9 Å². The first-order valence-corrected chi connectivity index (χ1v) is 9.08. The van der Waals surface area contributed by atoms with Gasteiger partial charge in [-0.1, -0.05) is 46.3 Å². The molecule has 0 unspecified atom stereocenters. The number of para-hydroxylation sites is 1. The van der Waals surface area contributed by atoms with Gasteiger partial charge in [-0.15, -0.1) is 0 Å². The summed E-state index contributed by atoms with van der Waals surface area (Å²) in [4.78, 5) is 14.9. The Balaban J connectivity index is 1.77. The molecule has 4 heteroatoms. The summed E-state index contributed by atoms with van der Waals surface area (Å²) in [6.45, 7) is 3.16. The Labute approximate surface area is 151 Å². The van der Waals surface area contributed by atoms with Gasteiger partial charge in [0.15, 0.2) is 0 Å². The van der Waals surface area contributed by atoms with Crippen LogP contribution >= 0.6 is 15.9 Å². The molecule has 0 atom stereocenters. The largest absolute Gasteiger partial charge is 0.494 e. The maximum absolute atomic E-state index is 13.1. The number of benzene rings is 2. The second-order valence-corrected chi connectivity index (χ2v) is 7.21. The van der Waals surface area contributed by atoms with Crippen LogP contribution < -0.4 is 4.74 Å². The molecule has 2 aromatic rings. The van der Waals surface area contributed by atoms with Gasteiger partial charge in [0.25, 0.3) is 0 Å². The standard InChI is InChI=1S/C20H22BrNO2/c1-3-24-18-7-5-4-6-15(18)14-22(2)19(23)20(12-13-20)16-8-10-17(21)11-9-16/h4-11H,3,12-14H2,1-2H3. The number of hydrogen-bond donors (Lipinski definition) is 0. The molecule has 3 nitrogen and oxygen atoms in total. The van der Waals surface area contributed by atoms with Crippen LogP contribution in [0.15, 0.2) is 53.0 Å². The first-order chi connectivity index (χ1) is 11.6. The fourth-order valence-electron chi connectivity index (χ4n) is 3.14. The molecule has 0 N–H and O–H groups in total. The predicted octanol–water partition coefficient (Wildman–Crippen LogP) is 4.54. The summed E-state index contributed by atoms with van der Waals surface area (Å²) in [5, 5.41) is 0.